The molecule has 0 spiro atoms. The number of nitrogens with zero attached hydrogens (tertiary/aromatic N) is 2. The van der Waals surface area contributed by atoms with Gasteiger partial charge in [0.15, 0.2) is 0 Å². The van der Waals surface area contributed by atoms with E-state index in [1.165, 1.54) is 25.3 Å². The maximum Gasteiger partial charge on any atom is 0.212 e. The van der Waals surface area contributed by atoms with Crippen LogP contribution in [0.4, 0.5) is 4.39 Å². The van der Waals surface area contributed by atoms with Gasteiger partial charge in [0.25, 0.3) is 0 Å². The predicted molar refractivity (Wildman–Crippen MR) is 92.6 cm³/mol. The normalized spacial score (nSPS) is 15.6. The van der Waals surface area contributed by atoms with Crippen molar-refractivity contribution in [2.24, 2.45) is 0 Å². The molecule has 1 aliphatic carbocycles. The first-order chi connectivity index (χ1) is 11.7. The van der Waals surface area contributed by atoms with Crippen molar-refractivity contribution in [3.8, 4) is 5.88 Å². The minimum Gasteiger partial charge on any atom is -0.473 e. The van der Waals surface area contributed by atoms with E-state index in [2.05, 4.69) is 5.32 Å². The first-order valence-electron chi connectivity index (χ1n) is 8.78. The molecule has 1 N–H and O–H groups in total. The van der Waals surface area contributed by atoms with Gasteiger partial charge in [0.1, 0.15) is 12.4 Å². The Morgan fingerprint density at radius 1 is 1.25 bits per heavy atom. The van der Waals surface area contributed by atoms with E-state index in [0.29, 0.717) is 12.6 Å². The molecule has 1 aliphatic rings. The van der Waals surface area contributed by atoms with E-state index >= 15 is 0 Å². The monoisotopic (exact) mass is 331 g/mol. The summed E-state index contributed by atoms with van der Waals surface area (Å²) in [6, 6.07) is 7.23. The Labute approximate surface area is 143 Å². The van der Waals surface area contributed by atoms with Gasteiger partial charge in [-0.05, 0) is 50.1 Å². The molecular weight excluding hydrogens is 305 g/mol. The molecule has 0 radical (unpaired) electrons. The van der Waals surface area contributed by atoms with Gasteiger partial charge in [-0.2, -0.15) is 5.10 Å². The fourth-order valence-corrected chi connectivity index (χ4v) is 3.33. The van der Waals surface area contributed by atoms with E-state index in [1.54, 1.807) is 12.1 Å². The second kappa shape index (κ2) is 7.79. The molecule has 0 aliphatic heterocycles. The Kier molecular flexibility index (Phi) is 5.51. The molecule has 0 unspecified atom stereocenters. The van der Waals surface area contributed by atoms with Crippen molar-refractivity contribution in [1.82, 2.24) is 15.1 Å². The van der Waals surface area contributed by atoms with Crippen LogP contribution >= 0.6 is 0 Å². The van der Waals surface area contributed by atoms with Gasteiger partial charge in [0.2, 0.25) is 5.88 Å². The Bertz CT molecular complexity index is 677. The zero-order valence-corrected chi connectivity index (χ0v) is 14.5. The molecule has 130 valence electrons. The van der Waals surface area contributed by atoms with Crippen molar-refractivity contribution in [3.63, 3.8) is 0 Å². The third kappa shape index (κ3) is 3.96. The number of rotatable bonds is 6. The standard InChI is InChI=1S/C19H26FN3O/c1-14-8-9-16(20)10-15(14)13-24-19-11-17(12-21-2)22-23(19)18-6-4-3-5-7-18/h8-11,18,21H,3-7,12-13H2,1-2H3. The Hall–Kier alpha value is -1.88. The minimum atomic E-state index is -0.226. The molecule has 0 saturated heterocycles. The predicted octanol–water partition coefficient (Wildman–Crippen LogP) is 4.13. The Balaban J connectivity index is 1.79. The van der Waals surface area contributed by atoms with Gasteiger partial charge >= 0.3 is 0 Å². The van der Waals surface area contributed by atoms with Crippen LogP contribution in [0.1, 0.15) is 55.0 Å². The maximum absolute atomic E-state index is 13.5. The lowest BCUT2D eigenvalue weighted by atomic mass is 9.96. The summed E-state index contributed by atoms with van der Waals surface area (Å²) < 4.78 is 21.6. The topological polar surface area (TPSA) is 39.1 Å². The van der Waals surface area contributed by atoms with Crippen molar-refractivity contribution >= 4 is 0 Å². The molecule has 4 nitrogen and oxygen atoms in total. The molecule has 3 rings (SSSR count). The van der Waals surface area contributed by atoms with Crippen LogP contribution in [0.5, 0.6) is 5.88 Å². The molecule has 1 fully saturated rings. The third-order valence-electron chi connectivity index (χ3n) is 4.72. The summed E-state index contributed by atoms with van der Waals surface area (Å²) in [4.78, 5) is 0. The lowest BCUT2D eigenvalue weighted by Crippen LogP contribution is -2.16. The van der Waals surface area contributed by atoms with Crippen LogP contribution in [-0.2, 0) is 13.2 Å². The van der Waals surface area contributed by atoms with E-state index < -0.39 is 0 Å². The molecular formula is C19H26FN3O. The van der Waals surface area contributed by atoms with Gasteiger partial charge in [0.05, 0.1) is 11.7 Å². The quantitative estimate of drug-likeness (QED) is 0.865. The highest BCUT2D eigenvalue weighted by Crippen LogP contribution is 2.32. The maximum atomic E-state index is 13.5. The van der Waals surface area contributed by atoms with Gasteiger partial charge in [-0.15, -0.1) is 0 Å². The van der Waals surface area contributed by atoms with E-state index in [-0.39, 0.29) is 5.82 Å². The first-order valence-corrected chi connectivity index (χ1v) is 8.78. The van der Waals surface area contributed by atoms with Crippen LogP contribution in [0.2, 0.25) is 0 Å². The third-order valence-corrected chi connectivity index (χ3v) is 4.72. The summed E-state index contributed by atoms with van der Waals surface area (Å²) in [5.41, 5.74) is 2.89. The highest BCUT2D eigenvalue weighted by Gasteiger charge is 2.21. The molecule has 24 heavy (non-hydrogen) atoms. The fourth-order valence-electron chi connectivity index (χ4n) is 3.33. The van der Waals surface area contributed by atoms with Crippen molar-refractivity contribution in [2.75, 3.05) is 7.05 Å². The molecule has 1 aromatic carbocycles. The number of ether oxygens (including phenoxy) is 1. The van der Waals surface area contributed by atoms with Crippen LogP contribution in [0.25, 0.3) is 0 Å². The van der Waals surface area contributed by atoms with Crippen LogP contribution in [0.3, 0.4) is 0 Å². The number of aryl methyl sites for hydroxylation is 1. The number of halogens is 1. The molecule has 0 atom stereocenters. The smallest absolute Gasteiger partial charge is 0.212 e. The van der Waals surface area contributed by atoms with Crippen molar-refractivity contribution in [3.05, 3.63) is 46.9 Å². The Morgan fingerprint density at radius 2 is 2.04 bits per heavy atom. The highest BCUT2D eigenvalue weighted by molar-refractivity contribution is 5.27. The van der Waals surface area contributed by atoms with Crippen molar-refractivity contribution < 1.29 is 9.13 Å². The Morgan fingerprint density at radius 3 is 2.79 bits per heavy atom. The van der Waals surface area contributed by atoms with Crippen molar-refractivity contribution in [2.45, 2.75) is 58.2 Å². The average molecular weight is 331 g/mol. The number of aromatic nitrogens is 2. The summed E-state index contributed by atoms with van der Waals surface area (Å²) >= 11 is 0. The van der Waals surface area contributed by atoms with Gasteiger partial charge in [-0.1, -0.05) is 25.3 Å². The fraction of sp³-hybridized carbons (Fsp3) is 0.526. The molecule has 1 heterocycles. The molecule has 5 heteroatoms. The number of benzene rings is 1. The number of nitrogens with one attached hydrogen (secondary N) is 1. The zero-order chi connectivity index (χ0) is 16.9. The highest BCUT2D eigenvalue weighted by atomic mass is 19.1. The molecule has 0 amide bonds. The molecule has 0 bridgehead atoms. The average Bonchev–Trinajstić information content (AvgIpc) is 3.00. The van der Waals surface area contributed by atoms with Crippen molar-refractivity contribution in [1.29, 1.82) is 0 Å². The van der Waals surface area contributed by atoms with Crippen LogP contribution in [0, 0.1) is 12.7 Å². The van der Waals surface area contributed by atoms with Gasteiger partial charge in [-0.3, -0.25) is 0 Å². The second-order valence-corrected chi connectivity index (χ2v) is 6.60. The summed E-state index contributed by atoms with van der Waals surface area (Å²) in [5, 5.41) is 7.87. The zero-order valence-electron chi connectivity index (χ0n) is 14.5. The van der Waals surface area contributed by atoms with Crippen LogP contribution in [-0.4, -0.2) is 16.8 Å². The summed E-state index contributed by atoms with van der Waals surface area (Å²) in [6.07, 6.45) is 6.09. The lowest BCUT2D eigenvalue weighted by molar-refractivity contribution is 0.237. The van der Waals surface area contributed by atoms with E-state index in [4.69, 9.17) is 9.84 Å². The summed E-state index contributed by atoms with van der Waals surface area (Å²) in [5.74, 6) is 0.562. The summed E-state index contributed by atoms with van der Waals surface area (Å²) in [6.45, 7) is 3.05. The van der Waals surface area contributed by atoms with Crippen LogP contribution in [0.15, 0.2) is 24.3 Å². The molecule has 1 saturated carbocycles. The van der Waals surface area contributed by atoms with Gasteiger partial charge in [0, 0.05) is 12.6 Å². The SMILES string of the molecule is CNCc1cc(OCc2cc(F)ccc2C)n(C2CCCCC2)n1. The first kappa shape index (κ1) is 17.0. The van der Waals surface area contributed by atoms with Gasteiger partial charge < -0.3 is 10.1 Å². The summed E-state index contributed by atoms with van der Waals surface area (Å²) in [7, 11) is 1.91. The van der Waals surface area contributed by atoms with Crippen LogP contribution < -0.4 is 10.1 Å². The second-order valence-electron chi connectivity index (χ2n) is 6.60. The van der Waals surface area contributed by atoms with Gasteiger partial charge in [-0.25, -0.2) is 9.07 Å². The van der Waals surface area contributed by atoms with E-state index in [0.717, 1.165) is 42.1 Å². The number of hydrogen-bond donors (Lipinski definition) is 1. The van der Waals surface area contributed by atoms with E-state index in [9.17, 15) is 4.39 Å². The lowest BCUT2D eigenvalue weighted by Gasteiger charge is -2.23. The number of hydrogen-bond acceptors (Lipinski definition) is 3. The molecule has 1 aromatic heterocycles. The van der Waals surface area contributed by atoms with E-state index in [1.807, 2.05) is 24.7 Å². The minimum absolute atomic E-state index is 0.226. The molecule has 2 aromatic rings. The largest absolute Gasteiger partial charge is 0.473 e.